The lowest BCUT2D eigenvalue weighted by Gasteiger charge is -2.23. The van der Waals surface area contributed by atoms with Gasteiger partial charge in [0, 0.05) is 12.0 Å². The summed E-state index contributed by atoms with van der Waals surface area (Å²) in [6.45, 7) is 3.08. The van der Waals surface area contributed by atoms with E-state index in [9.17, 15) is 0 Å². The molecule has 3 nitrogen and oxygen atoms in total. The highest BCUT2D eigenvalue weighted by Crippen LogP contribution is 2.32. The van der Waals surface area contributed by atoms with Crippen LogP contribution in [0.2, 0.25) is 0 Å². The van der Waals surface area contributed by atoms with Crippen LogP contribution >= 0.6 is 0 Å². The van der Waals surface area contributed by atoms with Crippen molar-refractivity contribution in [2.24, 2.45) is 5.73 Å². The first kappa shape index (κ1) is 18.0. The second kappa shape index (κ2) is 9.74. The minimum Gasteiger partial charge on any atom is -0.494 e. The van der Waals surface area contributed by atoms with Crippen LogP contribution in [0.15, 0.2) is 30.4 Å². The Hall–Kier alpha value is -1.32. The second-order valence-corrected chi connectivity index (χ2v) is 6.54. The summed E-state index contributed by atoms with van der Waals surface area (Å²) >= 11 is 0. The molecule has 0 aliphatic heterocycles. The van der Waals surface area contributed by atoms with Crippen LogP contribution in [0, 0.1) is 0 Å². The molecule has 0 bridgehead atoms. The number of nitrogens with two attached hydrogens (primary N) is 1. The Bertz CT molecular complexity index is 498. The molecule has 0 radical (unpaired) electrons. The number of ether oxygens (including phenoxy) is 1. The van der Waals surface area contributed by atoms with E-state index in [4.69, 9.17) is 15.6 Å². The van der Waals surface area contributed by atoms with Gasteiger partial charge in [0.2, 0.25) is 0 Å². The van der Waals surface area contributed by atoms with E-state index in [2.05, 4.69) is 37.3 Å². The summed E-state index contributed by atoms with van der Waals surface area (Å²) in [6, 6.07) is 6.25. The number of allylic oxidation sites excluding steroid dienone is 2. The zero-order valence-electron chi connectivity index (χ0n) is 14.3. The molecule has 1 unspecified atom stereocenters. The summed E-state index contributed by atoms with van der Waals surface area (Å²) < 4.78 is 5.90. The maximum Gasteiger partial charge on any atom is 0.119 e. The highest BCUT2D eigenvalue weighted by molar-refractivity contribution is 5.43. The lowest BCUT2D eigenvalue weighted by Crippen LogP contribution is -2.27. The van der Waals surface area contributed by atoms with Gasteiger partial charge in [-0.2, -0.15) is 0 Å². The molecule has 2 atom stereocenters. The fourth-order valence-corrected chi connectivity index (χ4v) is 3.18. The number of fused-ring (bicyclic) bond motifs is 1. The molecule has 128 valence electrons. The van der Waals surface area contributed by atoms with E-state index in [1.54, 1.807) is 0 Å². The molecule has 0 heterocycles. The van der Waals surface area contributed by atoms with Crippen LogP contribution in [-0.4, -0.2) is 24.4 Å². The molecular formula is C20H31NO2. The van der Waals surface area contributed by atoms with Gasteiger partial charge in [-0.25, -0.2) is 0 Å². The summed E-state index contributed by atoms with van der Waals surface area (Å²) in [5.41, 5.74) is 8.55. The smallest absolute Gasteiger partial charge is 0.119 e. The van der Waals surface area contributed by atoms with Gasteiger partial charge in [-0.15, -0.1) is 0 Å². The summed E-state index contributed by atoms with van der Waals surface area (Å²) in [5.74, 6) is 1.28. The van der Waals surface area contributed by atoms with Crippen molar-refractivity contribution in [1.29, 1.82) is 0 Å². The van der Waals surface area contributed by atoms with Crippen molar-refractivity contribution in [3.05, 3.63) is 41.5 Å². The predicted octanol–water partition coefficient (Wildman–Crippen LogP) is 3.94. The van der Waals surface area contributed by atoms with Crippen LogP contribution in [0.5, 0.6) is 5.75 Å². The Kier molecular flexibility index (Phi) is 7.63. The Morgan fingerprint density at radius 2 is 2.09 bits per heavy atom. The quantitative estimate of drug-likeness (QED) is 0.507. The van der Waals surface area contributed by atoms with Gasteiger partial charge in [0.05, 0.1) is 13.2 Å². The van der Waals surface area contributed by atoms with Crippen LogP contribution in [0.25, 0.3) is 0 Å². The summed E-state index contributed by atoms with van der Waals surface area (Å²) in [6.07, 6.45) is 12.4. The maximum atomic E-state index is 9.16. The molecule has 0 spiro atoms. The maximum absolute atomic E-state index is 9.16. The standard InChI is InChI=1S/C20H31NO2/c1-2-3-4-5-6-12-23-19-10-11-20-16(13-18(21)15-22)8-7-9-17(20)14-19/h7-8,10-11,14,16,18,22H,2-6,9,12-13,15,21H2,1H3/t16-,18?/m1/s1. The zero-order chi connectivity index (χ0) is 16.5. The lowest BCUT2D eigenvalue weighted by atomic mass is 9.84. The molecule has 0 amide bonds. The monoisotopic (exact) mass is 317 g/mol. The fraction of sp³-hybridized carbons (Fsp3) is 0.600. The number of rotatable bonds is 10. The van der Waals surface area contributed by atoms with Gasteiger partial charge in [-0.1, -0.05) is 50.8 Å². The average molecular weight is 317 g/mol. The summed E-state index contributed by atoms with van der Waals surface area (Å²) in [4.78, 5) is 0. The van der Waals surface area contributed by atoms with Crippen LogP contribution < -0.4 is 10.5 Å². The fourth-order valence-electron chi connectivity index (χ4n) is 3.18. The Balaban J connectivity index is 1.87. The molecule has 1 aliphatic rings. The first-order chi connectivity index (χ1) is 11.2. The van der Waals surface area contributed by atoms with E-state index in [1.807, 2.05) is 0 Å². The van der Waals surface area contributed by atoms with Crippen molar-refractivity contribution in [3.63, 3.8) is 0 Å². The molecule has 0 saturated heterocycles. The van der Waals surface area contributed by atoms with E-state index >= 15 is 0 Å². The van der Waals surface area contributed by atoms with E-state index < -0.39 is 0 Å². The molecule has 3 N–H and O–H groups in total. The Morgan fingerprint density at radius 1 is 1.26 bits per heavy atom. The number of benzene rings is 1. The van der Waals surface area contributed by atoms with Gasteiger partial charge in [-0.05, 0) is 42.5 Å². The molecule has 0 saturated carbocycles. The van der Waals surface area contributed by atoms with Crippen molar-refractivity contribution in [3.8, 4) is 5.75 Å². The van der Waals surface area contributed by atoms with E-state index in [-0.39, 0.29) is 12.6 Å². The number of unbranched alkanes of at least 4 members (excludes halogenated alkanes) is 4. The first-order valence-corrected chi connectivity index (χ1v) is 9.03. The van der Waals surface area contributed by atoms with E-state index in [1.165, 1.54) is 36.8 Å². The van der Waals surface area contributed by atoms with Gasteiger partial charge in [0.15, 0.2) is 0 Å². The SMILES string of the molecule is CCCCCCCOc1ccc2c(c1)CC=C[C@@H]2CC(N)CO. The highest BCUT2D eigenvalue weighted by Gasteiger charge is 2.19. The summed E-state index contributed by atoms with van der Waals surface area (Å²) in [7, 11) is 0. The second-order valence-electron chi connectivity index (χ2n) is 6.54. The number of aliphatic hydroxyl groups excluding tert-OH is 1. The van der Waals surface area contributed by atoms with Crippen LogP contribution in [-0.2, 0) is 6.42 Å². The molecule has 1 aromatic rings. The van der Waals surface area contributed by atoms with Gasteiger partial charge in [0.25, 0.3) is 0 Å². The van der Waals surface area contributed by atoms with E-state index in [0.717, 1.165) is 31.6 Å². The van der Waals surface area contributed by atoms with Gasteiger partial charge in [-0.3, -0.25) is 0 Å². The van der Waals surface area contributed by atoms with Gasteiger partial charge >= 0.3 is 0 Å². The molecule has 1 aliphatic carbocycles. The molecule has 3 heteroatoms. The molecular weight excluding hydrogens is 286 g/mol. The molecule has 23 heavy (non-hydrogen) atoms. The Morgan fingerprint density at radius 3 is 2.87 bits per heavy atom. The van der Waals surface area contributed by atoms with Crippen molar-refractivity contribution < 1.29 is 9.84 Å². The number of hydrogen-bond donors (Lipinski definition) is 2. The number of aliphatic hydroxyl groups is 1. The van der Waals surface area contributed by atoms with Gasteiger partial charge < -0.3 is 15.6 Å². The third-order valence-corrected chi connectivity index (χ3v) is 4.53. The van der Waals surface area contributed by atoms with Crippen LogP contribution in [0.3, 0.4) is 0 Å². The molecule has 1 aromatic carbocycles. The normalized spacial score (nSPS) is 17.8. The Labute approximate surface area is 140 Å². The largest absolute Gasteiger partial charge is 0.494 e. The number of hydrogen-bond acceptors (Lipinski definition) is 3. The van der Waals surface area contributed by atoms with Crippen molar-refractivity contribution in [1.82, 2.24) is 0 Å². The minimum atomic E-state index is -0.158. The highest BCUT2D eigenvalue weighted by atomic mass is 16.5. The molecule has 0 aromatic heterocycles. The minimum absolute atomic E-state index is 0.0406. The first-order valence-electron chi connectivity index (χ1n) is 9.03. The molecule has 0 fully saturated rings. The zero-order valence-corrected chi connectivity index (χ0v) is 14.3. The third-order valence-electron chi connectivity index (χ3n) is 4.53. The predicted molar refractivity (Wildman–Crippen MR) is 96.0 cm³/mol. The van der Waals surface area contributed by atoms with E-state index in [0.29, 0.717) is 5.92 Å². The van der Waals surface area contributed by atoms with Crippen LogP contribution in [0.4, 0.5) is 0 Å². The van der Waals surface area contributed by atoms with Gasteiger partial charge in [0.1, 0.15) is 5.75 Å². The summed E-state index contributed by atoms with van der Waals surface area (Å²) in [5, 5.41) is 9.16. The third kappa shape index (κ3) is 5.67. The topological polar surface area (TPSA) is 55.5 Å². The van der Waals surface area contributed by atoms with Crippen LogP contribution in [0.1, 0.15) is 62.5 Å². The van der Waals surface area contributed by atoms with Crippen molar-refractivity contribution >= 4 is 0 Å². The van der Waals surface area contributed by atoms with Crippen molar-refractivity contribution in [2.45, 2.75) is 63.8 Å². The molecule has 2 rings (SSSR count). The lowest BCUT2D eigenvalue weighted by molar-refractivity contribution is 0.257. The van der Waals surface area contributed by atoms with Crippen molar-refractivity contribution in [2.75, 3.05) is 13.2 Å². The average Bonchev–Trinajstić information content (AvgIpc) is 2.58.